The van der Waals surface area contributed by atoms with E-state index in [9.17, 15) is 4.79 Å². The number of aliphatic imine (C=N–C) groups is 2. The van der Waals surface area contributed by atoms with Crippen molar-refractivity contribution in [2.24, 2.45) is 15.7 Å². The van der Waals surface area contributed by atoms with E-state index >= 15 is 0 Å². The van der Waals surface area contributed by atoms with Crippen LogP contribution in [0.25, 0.3) is 0 Å². The fourth-order valence-corrected chi connectivity index (χ4v) is 1.07. The maximum atomic E-state index is 10.9. The van der Waals surface area contributed by atoms with Crippen molar-refractivity contribution in [3.63, 3.8) is 0 Å². The molecule has 4 heteroatoms. The number of carbonyl (C=O) groups excluding carboxylic acids is 1. The molecule has 0 atom stereocenters. The van der Waals surface area contributed by atoms with Crippen molar-refractivity contribution in [1.29, 1.82) is 0 Å². The highest BCUT2D eigenvalue weighted by atomic mass is 16.1. The van der Waals surface area contributed by atoms with Gasteiger partial charge in [0.15, 0.2) is 0 Å². The Bertz CT molecular complexity index is 416. The lowest BCUT2D eigenvalue weighted by molar-refractivity contribution is 0.100. The molecule has 0 bridgehead atoms. The van der Waals surface area contributed by atoms with Crippen molar-refractivity contribution in [3.8, 4) is 0 Å². The molecule has 0 spiro atoms. The number of nitrogens with zero attached hydrogens (tertiary/aromatic N) is 2. The molecule has 1 aromatic rings. The lowest BCUT2D eigenvalue weighted by atomic mass is 10.1. The number of benzene rings is 1. The zero-order chi connectivity index (χ0) is 8.55. The number of hydrogen-bond acceptors (Lipinski definition) is 3. The summed E-state index contributed by atoms with van der Waals surface area (Å²) >= 11 is 0. The summed E-state index contributed by atoms with van der Waals surface area (Å²) in [6.07, 6.45) is 0. The van der Waals surface area contributed by atoms with Crippen molar-refractivity contribution in [2.45, 2.75) is 0 Å². The van der Waals surface area contributed by atoms with E-state index in [0.717, 1.165) is 0 Å². The molecule has 0 fully saturated rings. The van der Waals surface area contributed by atoms with Crippen LogP contribution in [0, 0.1) is 0 Å². The van der Waals surface area contributed by atoms with Crippen LogP contribution in [0.4, 0.5) is 11.4 Å². The van der Waals surface area contributed by atoms with Crippen LogP contribution in [0.3, 0.4) is 0 Å². The minimum atomic E-state index is -0.491. The van der Waals surface area contributed by atoms with E-state index < -0.39 is 5.91 Å². The van der Waals surface area contributed by atoms with E-state index in [1.54, 1.807) is 18.2 Å². The van der Waals surface area contributed by atoms with E-state index in [0.29, 0.717) is 16.9 Å². The van der Waals surface area contributed by atoms with Gasteiger partial charge in [-0.2, -0.15) is 9.98 Å². The summed E-state index contributed by atoms with van der Waals surface area (Å²) in [5, 5.41) is 0. The van der Waals surface area contributed by atoms with Gasteiger partial charge in [-0.05, 0) is 12.1 Å². The molecule has 1 heterocycles. The van der Waals surface area contributed by atoms with Gasteiger partial charge in [0.25, 0.3) is 5.91 Å². The number of amides is 1. The molecule has 1 aliphatic heterocycles. The van der Waals surface area contributed by atoms with Crippen LogP contribution >= 0.6 is 0 Å². The van der Waals surface area contributed by atoms with Crippen LogP contribution < -0.4 is 5.73 Å². The summed E-state index contributed by atoms with van der Waals surface area (Å²) in [4.78, 5) is 18.5. The topological polar surface area (TPSA) is 67.8 Å². The summed E-state index contributed by atoms with van der Waals surface area (Å²) in [6, 6.07) is 7.51. The predicted molar refractivity (Wildman–Crippen MR) is 44.1 cm³/mol. The van der Waals surface area contributed by atoms with E-state index in [2.05, 4.69) is 16.0 Å². The molecule has 2 rings (SSSR count). The van der Waals surface area contributed by atoms with Crippen LogP contribution in [0.1, 0.15) is 10.4 Å². The molecule has 0 aromatic heterocycles. The van der Waals surface area contributed by atoms with Crippen LogP contribution in [0.5, 0.6) is 0 Å². The first-order valence-corrected chi connectivity index (χ1v) is 3.38. The number of fused-ring (bicyclic) bond motifs is 1. The fourth-order valence-electron chi connectivity index (χ4n) is 1.07. The number of nitrogens with two attached hydrogens (primary N) is 1. The maximum Gasteiger partial charge on any atom is 0.251 e. The molecule has 2 N–H and O–H groups in total. The van der Waals surface area contributed by atoms with Gasteiger partial charge >= 0.3 is 0 Å². The summed E-state index contributed by atoms with van der Waals surface area (Å²) in [5.74, 6) is -0.491. The Labute approximate surface area is 68.4 Å². The van der Waals surface area contributed by atoms with Crippen molar-refractivity contribution in [3.05, 3.63) is 23.8 Å². The van der Waals surface area contributed by atoms with Crippen molar-refractivity contribution in [2.75, 3.05) is 0 Å². The fraction of sp³-hybridized carbons (Fsp3) is 0. The number of rotatable bonds is 1. The quantitative estimate of drug-likeness (QED) is 0.668. The monoisotopic (exact) mass is 159 g/mol. The highest BCUT2D eigenvalue weighted by molar-refractivity contribution is 6.01. The average Bonchev–Trinajstić information content (AvgIpc) is 2.49. The van der Waals surface area contributed by atoms with E-state index in [4.69, 9.17) is 5.73 Å². The van der Waals surface area contributed by atoms with Gasteiger partial charge in [-0.1, -0.05) is 6.07 Å². The van der Waals surface area contributed by atoms with Crippen LogP contribution in [-0.4, -0.2) is 11.9 Å². The molecule has 4 nitrogen and oxygen atoms in total. The zero-order valence-corrected chi connectivity index (χ0v) is 6.11. The van der Waals surface area contributed by atoms with E-state index in [-0.39, 0.29) is 0 Å². The second-order valence-electron chi connectivity index (χ2n) is 2.36. The number of para-hydroxylation sites is 1. The first-order chi connectivity index (χ1) is 5.79. The second-order valence-corrected chi connectivity index (χ2v) is 2.36. The molecule has 0 unspecified atom stereocenters. The summed E-state index contributed by atoms with van der Waals surface area (Å²) in [6.45, 7) is 0. The van der Waals surface area contributed by atoms with E-state index in [1.165, 1.54) is 0 Å². The minimum absolute atomic E-state index is 0.390. The van der Waals surface area contributed by atoms with Crippen molar-refractivity contribution in [1.82, 2.24) is 0 Å². The van der Waals surface area contributed by atoms with Gasteiger partial charge in [0.2, 0.25) is 0 Å². The molecule has 0 saturated carbocycles. The zero-order valence-electron chi connectivity index (χ0n) is 6.11. The molecule has 1 aliphatic rings. The Kier molecular flexibility index (Phi) is 1.29. The van der Waals surface area contributed by atoms with Gasteiger partial charge in [0.05, 0.1) is 5.56 Å². The third-order valence-electron chi connectivity index (χ3n) is 1.61. The lowest BCUT2D eigenvalue weighted by Gasteiger charge is -1.98. The van der Waals surface area contributed by atoms with Crippen LogP contribution in [-0.2, 0) is 0 Å². The Morgan fingerprint density at radius 1 is 1.42 bits per heavy atom. The van der Waals surface area contributed by atoms with Gasteiger partial charge in [-0.25, -0.2) is 0 Å². The molecular weight excluding hydrogens is 154 g/mol. The van der Waals surface area contributed by atoms with Gasteiger partial charge in [0, 0.05) is 0 Å². The normalized spacial score (nSPS) is 11.7. The van der Waals surface area contributed by atoms with Crippen LogP contribution in [0.2, 0.25) is 0 Å². The van der Waals surface area contributed by atoms with Crippen molar-refractivity contribution >= 4 is 23.3 Å². The molecule has 0 saturated heterocycles. The van der Waals surface area contributed by atoms with Gasteiger partial charge in [-0.3, -0.25) is 4.79 Å². The average molecular weight is 159 g/mol. The molecule has 1 amide bonds. The largest absolute Gasteiger partial charge is 0.366 e. The second kappa shape index (κ2) is 2.29. The SMILES string of the molecule is NC(=O)c1cccc2c1N=C=N2. The maximum absolute atomic E-state index is 10.9. The molecule has 58 valence electrons. The van der Waals surface area contributed by atoms with Crippen LogP contribution in [0.15, 0.2) is 28.2 Å². The summed E-state index contributed by atoms with van der Waals surface area (Å²) < 4.78 is 0. The first kappa shape index (κ1) is 6.76. The van der Waals surface area contributed by atoms with Gasteiger partial charge in [0.1, 0.15) is 17.4 Å². The lowest BCUT2D eigenvalue weighted by Crippen LogP contribution is -2.10. The number of hydrogen-bond donors (Lipinski definition) is 1. The Morgan fingerprint density at radius 3 is 3.00 bits per heavy atom. The third-order valence-corrected chi connectivity index (χ3v) is 1.61. The minimum Gasteiger partial charge on any atom is -0.366 e. The highest BCUT2D eigenvalue weighted by Crippen LogP contribution is 2.33. The smallest absolute Gasteiger partial charge is 0.251 e. The van der Waals surface area contributed by atoms with Gasteiger partial charge in [-0.15, -0.1) is 0 Å². The molecule has 12 heavy (non-hydrogen) atoms. The molecular formula is C8H5N3O. The summed E-state index contributed by atoms with van der Waals surface area (Å²) in [5.41, 5.74) is 6.67. The van der Waals surface area contributed by atoms with Crippen molar-refractivity contribution < 1.29 is 4.79 Å². The Hall–Kier alpha value is -1.93. The Balaban J connectivity index is 2.67. The molecule has 0 aliphatic carbocycles. The summed E-state index contributed by atoms with van der Waals surface area (Å²) in [7, 11) is 0. The third kappa shape index (κ3) is 0.828. The number of primary amides is 1. The van der Waals surface area contributed by atoms with E-state index in [1.807, 2.05) is 0 Å². The first-order valence-electron chi connectivity index (χ1n) is 3.38. The molecule has 0 radical (unpaired) electrons. The van der Waals surface area contributed by atoms with Gasteiger partial charge < -0.3 is 5.73 Å². The standard InChI is InChI=1S/C8H5N3O/c9-8(12)5-2-1-3-6-7(5)11-4-10-6/h1-3H,(H2,9,12). The number of carbonyl (C=O) groups is 1. The predicted octanol–water partition coefficient (Wildman–Crippen LogP) is 1.24. The molecule has 1 aromatic carbocycles. The Morgan fingerprint density at radius 2 is 2.25 bits per heavy atom. The highest BCUT2D eigenvalue weighted by Gasteiger charge is 2.12.